The second-order valence-electron chi connectivity index (χ2n) is 9.22. The average Bonchev–Trinajstić information content (AvgIpc) is 2.88. The van der Waals surface area contributed by atoms with Gasteiger partial charge in [-0.2, -0.15) is 4.99 Å². The Morgan fingerprint density at radius 2 is 1.86 bits per heavy atom. The van der Waals surface area contributed by atoms with Gasteiger partial charge in [-0.15, -0.1) is 0 Å². The minimum absolute atomic E-state index is 0.149. The molecular weight excluding hydrogens is 496 g/mol. The van der Waals surface area contributed by atoms with Crippen LogP contribution in [-0.4, -0.2) is 87.7 Å². The molecule has 0 unspecified atom stereocenters. The molecule has 3 rings (SSSR count). The number of aromatic hydroxyl groups is 1. The molecule has 0 aromatic heterocycles. The van der Waals surface area contributed by atoms with E-state index in [2.05, 4.69) is 23.7 Å². The number of likely N-dealkylation sites (N-methyl/N-ethyl adjacent to an activating group) is 1. The van der Waals surface area contributed by atoms with E-state index in [0.717, 1.165) is 18.7 Å². The Kier molecular flexibility index (Phi) is 10.0. The number of nitrogens with zero attached hydrogens (tertiary/aromatic N) is 3. The summed E-state index contributed by atoms with van der Waals surface area (Å²) in [6.07, 6.45) is -0.363. The third-order valence-electron chi connectivity index (χ3n) is 6.25. The van der Waals surface area contributed by atoms with Crippen LogP contribution in [-0.2, 0) is 25.9 Å². The van der Waals surface area contributed by atoms with Gasteiger partial charge in [0.05, 0.1) is 13.2 Å². The summed E-state index contributed by atoms with van der Waals surface area (Å²) >= 11 is 0. The third kappa shape index (κ3) is 8.00. The molecule has 1 heterocycles. The fraction of sp³-hybridized carbons (Fsp3) is 0.462. The number of benzene rings is 2. The summed E-state index contributed by atoms with van der Waals surface area (Å²) < 4.78 is 38.0. The lowest BCUT2D eigenvalue weighted by molar-refractivity contribution is 0.0288. The monoisotopic (exact) mass is 532 g/mol. The van der Waals surface area contributed by atoms with Gasteiger partial charge in [-0.3, -0.25) is 4.90 Å². The van der Waals surface area contributed by atoms with Crippen molar-refractivity contribution in [2.45, 2.75) is 31.1 Å². The molecule has 1 fully saturated rings. The first-order valence-electron chi connectivity index (χ1n) is 12.3. The zero-order valence-electron chi connectivity index (χ0n) is 21.6. The van der Waals surface area contributed by atoms with Crippen LogP contribution < -0.4 is 5.73 Å². The van der Waals surface area contributed by atoms with Gasteiger partial charge in [0.15, 0.2) is 0 Å². The first kappa shape index (κ1) is 28.6. The van der Waals surface area contributed by atoms with Crippen LogP contribution in [0.1, 0.15) is 36.5 Å². The predicted octanol–water partition coefficient (Wildman–Crippen LogP) is 2.55. The molecule has 2 aromatic rings. The number of amides is 1. The molecule has 0 radical (unpaired) electrons. The van der Waals surface area contributed by atoms with Crippen LogP contribution in [0.4, 0.5) is 4.79 Å². The summed E-state index contributed by atoms with van der Waals surface area (Å²) in [5, 5.41) is 10.3. The Morgan fingerprint density at radius 1 is 1.19 bits per heavy atom. The highest BCUT2D eigenvalue weighted by Crippen LogP contribution is 2.26. The lowest BCUT2D eigenvalue weighted by Gasteiger charge is -2.25. The van der Waals surface area contributed by atoms with Crippen LogP contribution in [0.2, 0.25) is 0 Å². The molecule has 0 saturated carbocycles. The van der Waals surface area contributed by atoms with E-state index in [0.29, 0.717) is 32.1 Å². The van der Waals surface area contributed by atoms with Gasteiger partial charge in [0.2, 0.25) is 10.0 Å². The summed E-state index contributed by atoms with van der Waals surface area (Å²) in [7, 11) is -2.58. The van der Waals surface area contributed by atoms with E-state index in [4.69, 9.17) is 15.2 Å². The Balaban J connectivity index is 1.63. The number of carbonyl (C=O) groups excluding carboxylic acids is 1. The number of sulfonamides is 1. The van der Waals surface area contributed by atoms with Crippen molar-refractivity contribution >= 4 is 22.0 Å². The SMILES string of the molecule is CC(C)c1ccc(CCN(C)S(=O)(=O)c2cc(/C(N)=N/C(=O)OCCN3CCOCC3)ccc2O)cc1. The number of aliphatic imine (C=N–C) groups is 1. The van der Waals surface area contributed by atoms with Crippen LogP contribution in [0, 0.1) is 0 Å². The Morgan fingerprint density at radius 3 is 2.51 bits per heavy atom. The van der Waals surface area contributed by atoms with Crippen LogP contribution >= 0.6 is 0 Å². The maximum absolute atomic E-state index is 13.2. The lowest BCUT2D eigenvalue weighted by Crippen LogP contribution is -2.38. The van der Waals surface area contributed by atoms with Crippen molar-refractivity contribution in [1.29, 1.82) is 0 Å². The molecule has 1 aliphatic heterocycles. The molecule has 37 heavy (non-hydrogen) atoms. The first-order valence-corrected chi connectivity index (χ1v) is 13.7. The molecule has 3 N–H and O–H groups in total. The van der Waals surface area contributed by atoms with Crippen molar-refractivity contribution < 1.29 is 27.8 Å². The largest absolute Gasteiger partial charge is 0.507 e. The minimum atomic E-state index is -4.03. The zero-order valence-corrected chi connectivity index (χ0v) is 22.4. The van der Waals surface area contributed by atoms with Crippen molar-refractivity contribution in [2.75, 3.05) is 53.0 Å². The molecule has 0 spiro atoms. The number of phenols is 1. The van der Waals surface area contributed by atoms with Crippen LogP contribution in [0.15, 0.2) is 52.4 Å². The quantitative estimate of drug-likeness (QED) is 0.352. The van der Waals surface area contributed by atoms with E-state index in [1.165, 1.54) is 35.1 Å². The van der Waals surface area contributed by atoms with Crippen molar-refractivity contribution in [3.8, 4) is 5.75 Å². The smallest absolute Gasteiger partial charge is 0.435 e. The van der Waals surface area contributed by atoms with Gasteiger partial charge in [-0.1, -0.05) is 38.1 Å². The maximum atomic E-state index is 13.2. The van der Waals surface area contributed by atoms with Crippen LogP contribution in [0.5, 0.6) is 5.75 Å². The van der Waals surface area contributed by atoms with E-state index >= 15 is 0 Å². The molecule has 202 valence electrons. The number of nitrogens with two attached hydrogens (primary N) is 1. The third-order valence-corrected chi connectivity index (χ3v) is 8.14. The van der Waals surface area contributed by atoms with Crippen molar-refractivity contribution in [3.63, 3.8) is 0 Å². The highest BCUT2D eigenvalue weighted by Gasteiger charge is 2.25. The number of amidine groups is 1. The number of hydrogen-bond donors (Lipinski definition) is 2. The number of hydrogen-bond acceptors (Lipinski definition) is 7. The van der Waals surface area contributed by atoms with Gasteiger partial charge in [-0.05, 0) is 41.7 Å². The number of carbonyl (C=O) groups is 1. The maximum Gasteiger partial charge on any atom is 0.435 e. The zero-order chi connectivity index (χ0) is 27.0. The van der Waals surface area contributed by atoms with E-state index in [-0.39, 0.29) is 29.4 Å². The van der Waals surface area contributed by atoms with Gasteiger partial charge >= 0.3 is 6.09 Å². The number of ether oxygens (including phenoxy) is 2. The van der Waals surface area contributed by atoms with E-state index in [1.807, 2.05) is 24.3 Å². The van der Waals surface area contributed by atoms with Crippen molar-refractivity contribution in [1.82, 2.24) is 9.21 Å². The van der Waals surface area contributed by atoms with Crippen molar-refractivity contribution in [3.05, 3.63) is 59.2 Å². The summed E-state index contributed by atoms with van der Waals surface area (Å²) in [4.78, 5) is 17.6. The molecule has 1 saturated heterocycles. The van der Waals surface area contributed by atoms with Gasteiger partial charge < -0.3 is 20.3 Å². The second kappa shape index (κ2) is 13.0. The van der Waals surface area contributed by atoms with Gasteiger partial charge in [0.1, 0.15) is 23.1 Å². The number of rotatable bonds is 10. The normalized spacial score (nSPS) is 15.3. The first-order chi connectivity index (χ1) is 17.6. The minimum Gasteiger partial charge on any atom is -0.507 e. The molecule has 0 aliphatic carbocycles. The molecule has 1 amide bonds. The Bertz CT molecular complexity index is 1190. The highest BCUT2D eigenvalue weighted by molar-refractivity contribution is 7.89. The summed E-state index contributed by atoms with van der Waals surface area (Å²) in [6, 6.07) is 11.9. The fourth-order valence-corrected chi connectivity index (χ4v) is 5.08. The lowest BCUT2D eigenvalue weighted by atomic mass is 10.0. The Hall–Kier alpha value is -2.99. The van der Waals surface area contributed by atoms with Crippen LogP contribution in [0.25, 0.3) is 0 Å². The van der Waals surface area contributed by atoms with Gasteiger partial charge in [0.25, 0.3) is 0 Å². The molecular formula is C26H36N4O6S. The van der Waals surface area contributed by atoms with Gasteiger partial charge in [-0.25, -0.2) is 17.5 Å². The fourth-order valence-electron chi connectivity index (χ4n) is 3.81. The van der Waals surface area contributed by atoms with E-state index in [1.54, 1.807) is 0 Å². The molecule has 11 heteroatoms. The van der Waals surface area contributed by atoms with E-state index in [9.17, 15) is 18.3 Å². The highest BCUT2D eigenvalue weighted by atomic mass is 32.2. The van der Waals surface area contributed by atoms with Crippen molar-refractivity contribution in [2.24, 2.45) is 10.7 Å². The summed E-state index contributed by atoms with van der Waals surface area (Å²) in [6.45, 7) is 7.98. The standard InChI is InChI=1S/C26H36N4O6S/c1-19(2)21-6-4-20(5-7-21)10-11-29(3)37(33,34)24-18-22(8-9-23(24)31)25(27)28-26(32)36-17-14-30-12-15-35-16-13-30/h4-9,18-19,31H,10-17H2,1-3H3,(H2,27,28,32). The second-order valence-corrected chi connectivity index (χ2v) is 11.2. The molecule has 2 aromatic carbocycles. The average molecular weight is 533 g/mol. The van der Waals surface area contributed by atoms with Gasteiger partial charge in [0, 0.05) is 38.8 Å². The topological polar surface area (TPSA) is 135 Å². The molecule has 0 bridgehead atoms. The molecule has 10 nitrogen and oxygen atoms in total. The van der Waals surface area contributed by atoms with Crippen LogP contribution in [0.3, 0.4) is 0 Å². The molecule has 1 aliphatic rings. The predicted molar refractivity (Wildman–Crippen MR) is 141 cm³/mol. The summed E-state index contributed by atoms with van der Waals surface area (Å²) in [5.74, 6) is -0.209. The van der Waals surface area contributed by atoms with E-state index < -0.39 is 21.9 Å². The number of morpholine rings is 1. The summed E-state index contributed by atoms with van der Waals surface area (Å²) in [5.41, 5.74) is 8.35. The Labute approximate surface area is 218 Å². The molecule has 0 atom stereocenters. The number of phenolic OH excluding ortho intramolecular Hbond substituents is 1.